The summed E-state index contributed by atoms with van der Waals surface area (Å²) < 4.78 is 6.17. The molecule has 1 spiro atoms. The van der Waals surface area contributed by atoms with E-state index in [0.29, 0.717) is 6.10 Å². The number of aliphatic hydroxyl groups is 1. The second kappa shape index (κ2) is 3.21. The fraction of sp³-hybridized carbons (Fsp3) is 1.00. The molecular weight excluding hydrogens is 188 g/mol. The Bertz CT molecular complexity index is 239. The Morgan fingerprint density at radius 1 is 1.13 bits per heavy atom. The van der Waals surface area contributed by atoms with E-state index in [2.05, 4.69) is 20.8 Å². The summed E-state index contributed by atoms with van der Waals surface area (Å²) in [5, 5.41) is 10.7. The minimum atomic E-state index is -0.653. The second-order valence-corrected chi connectivity index (χ2v) is 6.31. The van der Waals surface area contributed by atoms with Gasteiger partial charge in [-0.15, -0.1) is 0 Å². The van der Waals surface area contributed by atoms with Crippen molar-refractivity contribution in [1.29, 1.82) is 0 Å². The highest BCUT2D eigenvalue weighted by Crippen LogP contribution is 2.57. The van der Waals surface area contributed by atoms with Crippen molar-refractivity contribution in [2.24, 2.45) is 5.41 Å². The molecule has 0 radical (unpaired) electrons. The van der Waals surface area contributed by atoms with Crippen LogP contribution in [0.15, 0.2) is 0 Å². The van der Waals surface area contributed by atoms with Gasteiger partial charge in [-0.25, -0.2) is 0 Å². The maximum Gasteiger partial charge on any atom is 0.102 e. The zero-order chi connectivity index (χ0) is 11.3. The Morgan fingerprint density at radius 3 is 2.27 bits per heavy atom. The van der Waals surface area contributed by atoms with Crippen molar-refractivity contribution in [3.63, 3.8) is 0 Å². The van der Waals surface area contributed by atoms with E-state index in [-0.39, 0.29) is 11.0 Å². The van der Waals surface area contributed by atoms with Crippen LogP contribution in [0, 0.1) is 5.41 Å². The summed E-state index contributed by atoms with van der Waals surface area (Å²) >= 11 is 0. The summed E-state index contributed by atoms with van der Waals surface area (Å²) in [6.45, 7) is 8.58. The van der Waals surface area contributed by atoms with E-state index in [0.717, 1.165) is 32.1 Å². The largest absolute Gasteiger partial charge is 0.387 e. The van der Waals surface area contributed by atoms with Crippen LogP contribution in [0.2, 0.25) is 0 Å². The van der Waals surface area contributed by atoms with Crippen LogP contribution in [0.1, 0.15) is 59.8 Å². The summed E-state index contributed by atoms with van der Waals surface area (Å²) in [6, 6.07) is 0. The molecule has 1 saturated heterocycles. The number of hydrogen-bond donors (Lipinski definition) is 1. The normalized spacial score (nSPS) is 49.8. The minimum Gasteiger partial charge on any atom is -0.387 e. The lowest BCUT2D eigenvalue weighted by Crippen LogP contribution is -2.63. The summed E-state index contributed by atoms with van der Waals surface area (Å²) in [5.41, 5.74) is -0.864. The van der Waals surface area contributed by atoms with E-state index >= 15 is 0 Å². The van der Waals surface area contributed by atoms with Crippen LogP contribution in [0.5, 0.6) is 0 Å². The minimum absolute atomic E-state index is 0.0967. The number of rotatable bonds is 0. The van der Waals surface area contributed by atoms with Crippen LogP contribution in [0.4, 0.5) is 0 Å². The third-order valence-electron chi connectivity index (χ3n) is 4.73. The van der Waals surface area contributed by atoms with Gasteiger partial charge in [0.05, 0.1) is 11.7 Å². The molecule has 1 heterocycles. The summed E-state index contributed by atoms with van der Waals surface area (Å²) in [6.07, 6.45) is 5.54. The zero-order valence-electron chi connectivity index (χ0n) is 10.5. The van der Waals surface area contributed by atoms with Gasteiger partial charge < -0.3 is 9.84 Å². The Labute approximate surface area is 93.0 Å². The molecular formula is C13H24O2. The van der Waals surface area contributed by atoms with Crippen LogP contribution < -0.4 is 0 Å². The van der Waals surface area contributed by atoms with E-state index in [4.69, 9.17) is 4.74 Å². The molecule has 2 nitrogen and oxygen atoms in total. The molecule has 1 aliphatic carbocycles. The lowest BCUT2D eigenvalue weighted by Gasteiger charge is -2.56. The van der Waals surface area contributed by atoms with Crippen molar-refractivity contribution in [1.82, 2.24) is 0 Å². The highest BCUT2D eigenvalue weighted by molar-refractivity contribution is 5.12. The topological polar surface area (TPSA) is 29.5 Å². The standard InChI is InChI=1S/C13H24O2/c1-10-6-9-13(15-10)11(2,3)7-5-8-12(13,4)14/h10,14H,5-9H2,1-4H3/t10-,12+,13-/m0/s1. The maximum absolute atomic E-state index is 10.7. The molecule has 1 N–H and O–H groups in total. The predicted octanol–water partition coefficient (Wildman–Crippen LogP) is 2.89. The van der Waals surface area contributed by atoms with Crippen molar-refractivity contribution in [2.75, 3.05) is 0 Å². The van der Waals surface area contributed by atoms with Crippen LogP contribution in [-0.2, 0) is 4.74 Å². The second-order valence-electron chi connectivity index (χ2n) is 6.31. The summed E-state index contributed by atoms with van der Waals surface area (Å²) in [7, 11) is 0. The average Bonchev–Trinajstić information content (AvgIpc) is 2.46. The quantitative estimate of drug-likeness (QED) is 0.669. The Morgan fingerprint density at radius 2 is 1.80 bits per heavy atom. The highest BCUT2D eigenvalue weighted by atomic mass is 16.5. The van der Waals surface area contributed by atoms with Gasteiger partial charge in [0, 0.05) is 0 Å². The van der Waals surface area contributed by atoms with Gasteiger partial charge in [0.2, 0.25) is 0 Å². The fourth-order valence-electron chi connectivity index (χ4n) is 3.77. The zero-order valence-corrected chi connectivity index (χ0v) is 10.5. The van der Waals surface area contributed by atoms with Gasteiger partial charge in [-0.2, -0.15) is 0 Å². The van der Waals surface area contributed by atoms with Crippen LogP contribution in [0.25, 0.3) is 0 Å². The Hall–Kier alpha value is -0.0800. The van der Waals surface area contributed by atoms with Gasteiger partial charge >= 0.3 is 0 Å². The highest BCUT2D eigenvalue weighted by Gasteiger charge is 2.61. The lowest BCUT2D eigenvalue weighted by atomic mass is 9.57. The van der Waals surface area contributed by atoms with Crippen LogP contribution >= 0.6 is 0 Å². The predicted molar refractivity (Wildman–Crippen MR) is 60.8 cm³/mol. The molecule has 3 atom stereocenters. The van der Waals surface area contributed by atoms with Crippen LogP contribution in [0.3, 0.4) is 0 Å². The lowest BCUT2D eigenvalue weighted by molar-refractivity contribution is -0.239. The summed E-state index contributed by atoms with van der Waals surface area (Å²) in [5.74, 6) is 0. The first-order chi connectivity index (χ1) is 6.81. The molecule has 2 rings (SSSR count). The van der Waals surface area contributed by atoms with E-state index in [1.807, 2.05) is 6.92 Å². The van der Waals surface area contributed by atoms with E-state index < -0.39 is 5.60 Å². The maximum atomic E-state index is 10.7. The Balaban J connectivity index is 2.38. The molecule has 0 bridgehead atoms. The van der Waals surface area contributed by atoms with Gasteiger partial charge in [0.25, 0.3) is 0 Å². The first-order valence-electron chi connectivity index (χ1n) is 6.21. The molecule has 2 heteroatoms. The third kappa shape index (κ3) is 1.45. The number of ether oxygens (including phenoxy) is 1. The van der Waals surface area contributed by atoms with Gasteiger partial charge in [-0.3, -0.25) is 0 Å². The smallest absolute Gasteiger partial charge is 0.102 e. The first-order valence-corrected chi connectivity index (χ1v) is 6.21. The molecule has 0 aromatic heterocycles. The van der Waals surface area contributed by atoms with Crippen molar-refractivity contribution in [2.45, 2.75) is 77.1 Å². The monoisotopic (exact) mass is 212 g/mol. The van der Waals surface area contributed by atoms with Crippen molar-refractivity contribution in [3.05, 3.63) is 0 Å². The van der Waals surface area contributed by atoms with Gasteiger partial charge in [0.1, 0.15) is 5.60 Å². The molecule has 2 fully saturated rings. The van der Waals surface area contributed by atoms with Crippen molar-refractivity contribution in [3.8, 4) is 0 Å². The molecule has 0 aromatic carbocycles. The molecule has 0 unspecified atom stereocenters. The van der Waals surface area contributed by atoms with Crippen LogP contribution in [-0.4, -0.2) is 22.4 Å². The molecule has 0 amide bonds. The van der Waals surface area contributed by atoms with Gasteiger partial charge in [-0.1, -0.05) is 13.8 Å². The Kier molecular flexibility index (Phi) is 2.44. The molecule has 2 aliphatic rings. The van der Waals surface area contributed by atoms with Gasteiger partial charge in [0.15, 0.2) is 0 Å². The first kappa shape index (κ1) is 11.4. The average molecular weight is 212 g/mol. The third-order valence-corrected chi connectivity index (χ3v) is 4.73. The molecule has 15 heavy (non-hydrogen) atoms. The number of hydrogen-bond acceptors (Lipinski definition) is 2. The SMILES string of the molecule is C[C@H]1CC[C@]2(O1)C(C)(C)CCC[C@@]2(C)O. The van der Waals surface area contributed by atoms with E-state index in [1.165, 1.54) is 0 Å². The molecule has 0 aromatic rings. The van der Waals surface area contributed by atoms with E-state index in [9.17, 15) is 5.11 Å². The van der Waals surface area contributed by atoms with E-state index in [1.54, 1.807) is 0 Å². The summed E-state index contributed by atoms with van der Waals surface area (Å²) in [4.78, 5) is 0. The van der Waals surface area contributed by atoms with Crippen molar-refractivity contribution < 1.29 is 9.84 Å². The molecule has 88 valence electrons. The fourth-order valence-corrected chi connectivity index (χ4v) is 3.77. The van der Waals surface area contributed by atoms with Crippen molar-refractivity contribution >= 4 is 0 Å². The molecule has 1 aliphatic heterocycles. The molecule has 1 saturated carbocycles. The van der Waals surface area contributed by atoms with Gasteiger partial charge in [-0.05, 0) is 51.4 Å².